The van der Waals surface area contributed by atoms with E-state index >= 15 is 0 Å². The molecule has 1 saturated heterocycles. The predicted octanol–water partition coefficient (Wildman–Crippen LogP) is 5.82. The lowest BCUT2D eigenvalue weighted by molar-refractivity contribution is 0.0288. The number of nitrogens with zero attached hydrogens (tertiary/aromatic N) is 2. The van der Waals surface area contributed by atoms with E-state index in [9.17, 15) is 5.11 Å². The van der Waals surface area contributed by atoms with E-state index in [0.29, 0.717) is 0 Å². The molecule has 1 aliphatic rings. The van der Waals surface area contributed by atoms with Gasteiger partial charge in [0.15, 0.2) is 0 Å². The highest BCUT2D eigenvalue weighted by Gasteiger charge is 2.40. The fourth-order valence-corrected chi connectivity index (χ4v) is 5.67. The summed E-state index contributed by atoms with van der Waals surface area (Å²) < 4.78 is 0. The van der Waals surface area contributed by atoms with E-state index in [2.05, 4.69) is 128 Å². The van der Waals surface area contributed by atoms with Gasteiger partial charge in [0.25, 0.3) is 0 Å². The van der Waals surface area contributed by atoms with Crippen molar-refractivity contribution in [1.82, 2.24) is 20.2 Å². The first kappa shape index (κ1) is 26.4. The van der Waals surface area contributed by atoms with E-state index in [4.69, 9.17) is 4.98 Å². The minimum Gasteiger partial charge on any atom is -0.385 e. The molecule has 5 nitrogen and oxygen atoms in total. The molecule has 0 aliphatic carbocycles. The maximum atomic E-state index is 12.4. The molecule has 3 N–H and O–H groups in total. The Bertz CT molecular complexity index is 1260. The average Bonchev–Trinajstić information content (AvgIpc) is 3.40. The van der Waals surface area contributed by atoms with Crippen molar-refractivity contribution < 1.29 is 5.11 Å². The Morgan fingerprint density at radius 2 is 1.37 bits per heavy atom. The van der Waals surface area contributed by atoms with Crippen molar-refractivity contribution in [2.45, 2.75) is 51.2 Å². The Labute approximate surface area is 227 Å². The molecule has 1 fully saturated rings. The first-order valence-corrected chi connectivity index (χ1v) is 13.7. The molecule has 1 aliphatic heterocycles. The number of imidazole rings is 1. The number of H-pyrrole nitrogens is 1. The van der Waals surface area contributed by atoms with Crippen LogP contribution in [0.4, 0.5) is 0 Å². The van der Waals surface area contributed by atoms with Gasteiger partial charge in [-0.05, 0) is 18.1 Å². The molecular weight excluding hydrogens is 468 g/mol. The van der Waals surface area contributed by atoms with Crippen LogP contribution in [0.25, 0.3) is 11.4 Å². The van der Waals surface area contributed by atoms with Crippen molar-refractivity contribution in [3.8, 4) is 11.4 Å². The van der Waals surface area contributed by atoms with Gasteiger partial charge in [0, 0.05) is 43.1 Å². The summed E-state index contributed by atoms with van der Waals surface area (Å²) in [5.74, 6) is 0.795. The van der Waals surface area contributed by atoms with Crippen molar-refractivity contribution in [2.24, 2.45) is 0 Å². The molecule has 4 aromatic rings. The van der Waals surface area contributed by atoms with Crippen molar-refractivity contribution in [3.63, 3.8) is 0 Å². The van der Waals surface area contributed by atoms with Gasteiger partial charge in [0.1, 0.15) is 11.9 Å². The smallest absolute Gasteiger partial charge is 0.137 e. The Kier molecular flexibility index (Phi) is 7.80. The van der Waals surface area contributed by atoms with Crippen LogP contribution in [-0.2, 0) is 5.41 Å². The summed E-state index contributed by atoms with van der Waals surface area (Å²) in [6.07, 6.45) is -0.764. The van der Waals surface area contributed by atoms with Crippen LogP contribution in [0, 0.1) is 6.92 Å². The van der Waals surface area contributed by atoms with Gasteiger partial charge >= 0.3 is 0 Å². The third-order valence-corrected chi connectivity index (χ3v) is 7.62. The zero-order chi connectivity index (χ0) is 26.7. The molecule has 0 amide bonds. The Balaban J connectivity index is 1.66. The minimum atomic E-state index is -0.764. The van der Waals surface area contributed by atoms with Crippen LogP contribution in [0.5, 0.6) is 0 Å². The number of benzene rings is 3. The van der Waals surface area contributed by atoms with E-state index in [1.165, 1.54) is 16.7 Å². The molecule has 0 saturated carbocycles. The predicted molar refractivity (Wildman–Crippen MR) is 155 cm³/mol. The molecule has 5 rings (SSSR count). The summed E-state index contributed by atoms with van der Waals surface area (Å²) in [5.41, 5.74) is 6.14. The second-order valence-electron chi connectivity index (χ2n) is 11.5. The van der Waals surface area contributed by atoms with E-state index in [-0.39, 0.29) is 17.4 Å². The van der Waals surface area contributed by atoms with Crippen LogP contribution in [-0.4, -0.2) is 52.2 Å². The first-order chi connectivity index (χ1) is 18.3. The van der Waals surface area contributed by atoms with Gasteiger partial charge in [-0.3, -0.25) is 4.90 Å². The van der Waals surface area contributed by atoms with Gasteiger partial charge in [-0.15, -0.1) is 0 Å². The van der Waals surface area contributed by atoms with E-state index in [0.717, 1.165) is 49.0 Å². The Morgan fingerprint density at radius 3 is 1.89 bits per heavy atom. The molecule has 0 spiro atoms. The van der Waals surface area contributed by atoms with Crippen LogP contribution < -0.4 is 5.32 Å². The van der Waals surface area contributed by atoms with Gasteiger partial charge < -0.3 is 15.4 Å². The quantitative estimate of drug-likeness (QED) is 0.294. The fourth-order valence-electron chi connectivity index (χ4n) is 5.67. The fraction of sp³-hybridized carbons (Fsp3) is 0.364. The second-order valence-corrected chi connectivity index (χ2v) is 11.5. The van der Waals surface area contributed by atoms with Crippen molar-refractivity contribution in [2.75, 3.05) is 26.2 Å². The number of aromatic amines is 1. The van der Waals surface area contributed by atoms with Crippen LogP contribution in [0.15, 0.2) is 84.9 Å². The zero-order valence-corrected chi connectivity index (χ0v) is 23.0. The molecule has 2 unspecified atom stereocenters. The number of aromatic nitrogens is 2. The summed E-state index contributed by atoms with van der Waals surface area (Å²) in [6.45, 7) is 12.2. The molecule has 0 radical (unpaired) electrons. The Morgan fingerprint density at radius 1 is 0.816 bits per heavy atom. The average molecular weight is 509 g/mol. The third-order valence-electron chi connectivity index (χ3n) is 7.62. The van der Waals surface area contributed by atoms with Crippen molar-refractivity contribution >= 4 is 0 Å². The number of rotatable bonds is 7. The lowest BCUT2D eigenvalue weighted by Gasteiger charge is -2.42. The second kappa shape index (κ2) is 11.2. The van der Waals surface area contributed by atoms with Crippen LogP contribution in [0.2, 0.25) is 0 Å². The van der Waals surface area contributed by atoms with Crippen LogP contribution in [0.1, 0.15) is 60.9 Å². The monoisotopic (exact) mass is 508 g/mol. The largest absolute Gasteiger partial charge is 0.385 e. The molecule has 38 heavy (non-hydrogen) atoms. The van der Waals surface area contributed by atoms with Crippen LogP contribution >= 0.6 is 0 Å². The van der Waals surface area contributed by atoms with Crippen molar-refractivity contribution in [3.05, 3.63) is 113 Å². The van der Waals surface area contributed by atoms with Gasteiger partial charge in [0.05, 0.1) is 17.4 Å². The molecule has 5 heteroatoms. The summed E-state index contributed by atoms with van der Waals surface area (Å²) in [7, 11) is 0. The first-order valence-electron chi connectivity index (χ1n) is 13.7. The number of aryl methyl sites for hydroxylation is 1. The molecular formula is C33H40N4O. The summed E-state index contributed by atoms with van der Waals surface area (Å²) >= 11 is 0. The highest BCUT2D eigenvalue weighted by molar-refractivity contribution is 5.57. The van der Waals surface area contributed by atoms with Gasteiger partial charge in [0.2, 0.25) is 0 Å². The summed E-state index contributed by atoms with van der Waals surface area (Å²) in [5, 5.41) is 15.9. The lowest BCUT2D eigenvalue weighted by atomic mass is 9.79. The molecule has 1 aromatic heterocycles. The summed E-state index contributed by atoms with van der Waals surface area (Å²) in [4.78, 5) is 11.1. The molecule has 0 bridgehead atoms. The highest BCUT2D eigenvalue weighted by atomic mass is 16.3. The minimum absolute atomic E-state index is 0.00977. The van der Waals surface area contributed by atoms with Crippen molar-refractivity contribution in [1.29, 1.82) is 0 Å². The maximum Gasteiger partial charge on any atom is 0.137 e. The van der Waals surface area contributed by atoms with E-state index in [1.807, 2.05) is 0 Å². The number of hydrogen-bond donors (Lipinski definition) is 3. The standard InChI is InChI=1S/C33H40N4O/c1-23-15-17-26(18-16-23)32-35-28(31(36-32)33(2,3)4)30(38)29(37-21-19-34-20-22-37)27(24-11-7-5-8-12-24)25-13-9-6-10-14-25/h5-18,27,29-30,34,38H,19-22H2,1-4H3,(H,35,36). The van der Waals surface area contributed by atoms with Gasteiger partial charge in [-0.25, -0.2) is 4.98 Å². The number of piperazine rings is 1. The lowest BCUT2D eigenvalue weighted by Crippen LogP contribution is -2.53. The van der Waals surface area contributed by atoms with Crippen LogP contribution in [0.3, 0.4) is 0 Å². The van der Waals surface area contributed by atoms with E-state index in [1.54, 1.807) is 0 Å². The maximum absolute atomic E-state index is 12.4. The Hall–Kier alpha value is -3.25. The summed E-state index contributed by atoms with van der Waals surface area (Å²) in [6, 6.07) is 29.5. The molecule has 2 heterocycles. The molecule has 3 aromatic carbocycles. The highest BCUT2D eigenvalue weighted by Crippen LogP contribution is 2.40. The SMILES string of the molecule is Cc1ccc(-c2nc(C(C)(C)C)c(C(O)C(C(c3ccccc3)c3ccccc3)N3CCNCC3)[nH]2)cc1. The van der Waals surface area contributed by atoms with Gasteiger partial charge in [-0.2, -0.15) is 0 Å². The topological polar surface area (TPSA) is 64.2 Å². The molecule has 198 valence electrons. The normalized spacial score (nSPS) is 16.5. The third kappa shape index (κ3) is 5.60. The van der Waals surface area contributed by atoms with E-state index < -0.39 is 6.10 Å². The number of nitrogens with one attached hydrogen (secondary N) is 2. The number of aliphatic hydroxyl groups excluding tert-OH is 1. The number of aliphatic hydroxyl groups is 1. The zero-order valence-electron chi connectivity index (χ0n) is 23.0. The molecule has 2 atom stereocenters. The van der Waals surface area contributed by atoms with Gasteiger partial charge in [-0.1, -0.05) is 111 Å². The number of hydrogen-bond acceptors (Lipinski definition) is 4.